The third-order valence-electron chi connectivity index (χ3n) is 6.34. The second kappa shape index (κ2) is 13.4. The summed E-state index contributed by atoms with van der Waals surface area (Å²) in [7, 11) is -2.69. The van der Waals surface area contributed by atoms with Crippen LogP contribution in [0.15, 0.2) is 77.7 Å². The van der Waals surface area contributed by atoms with E-state index < -0.39 is 34.3 Å². The molecule has 0 heterocycles. The van der Waals surface area contributed by atoms with Crippen LogP contribution in [0.3, 0.4) is 0 Å². The summed E-state index contributed by atoms with van der Waals surface area (Å²) in [6.45, 7) is 7.21. The number of rotatable bonds is 12. The van der Waals surface area contributed by atoms with E-state index in [0.29, 0.717) is 17.9 Å². The van der Waals surface area contributed by atoms with Crippen LogP contribution in [0, 0.1) is 18.7 Å². The molecule has 0 saturated heterocycles. The van der Waals surface area contributed by atoms with Crippen LogP contribution < -0.4 is 14.4 Å². The SMILES string of the molecule is COc1cccc(CN(C(=O)CN(c2ccc(F)cc2)S(=O)(=O)c2ccc(C)cc2)[C@@H](C)C(=O)NCC(C)C)c1. The van der Waals surface area contributed by atoms with Crippen LogP contribution in [0.25, 0.3) is 0 Å². The first-order valence-corrected chi connectivity index (χ1v) is 14.4. The third kappa shape index (κ3) is 7.81. The Morgan fingerprint density at radius 1 is 0.975 bits per heavy atom. The zero-order valence-electron chi connectivity index (χ0n) is 23.4. The number of nitrogens with one attached hydrogen (secondary N) is 1. The summed E-state index contributed by atoms with van der Waals surface area (Å²) < 4.78 is 47.5. The van der Waals surface area contributed by atoms with Crippen molar-refractivity contribution in [1.29, 1.82) is 0 Å². The van der Waals surface area contributed by atoms with Crippen LogP contribution in [0.4, 0.5) is 10.1 Å². The Hall–Kier alpha value is -3.92. The van der Waals surface area contributed by atoms with Gasteiger partial charge in [-0.15, -0.1) is 0 Å². The quantitative estimate of drug-likeness (QED) is 0.346. The summed E-state index contributed by atoms with van der Waals surface area (Å²) in [4.78, 5) is 28.3. The lowest BCUT2D eigenvalue weighted by Gasteiger charge is -2.32. The molecule has 1 atom stereocenters. The fourth-order valence-electron chi connectivity index (χ4n) is 3.98. The number of hydrogen-bond donors (Lipinski definition) is 1. The maximum absolute atomic E-state index is 13.9. The average molecular weight is 570 g/mol. The van der Waals surface area contributed by atoms with Gasteiger partial charge in [-0.25, -0.2) is 12.8 Å². The smallest absolute Gasteiger partial charge is 0.264 e. The lowest BCUT2D eigenvalue weighted by atomic mass is 10.1. The second-order valence-corrected chi connectivity index (χ2v) is 11.9. The number of anilines is 1. The molecule has 1 N–H and O–H groups in total. The summed E-state index contributed by atoms with van der Waals surface area (Å²) in [6, 6.07) is 17.3. The molecule has 0 radical (unpaired) electrons. The van der Waals surface area contributed by atoms with E-state index in [9.17, 15) is 22.4 Å². The van der Waals surface area contributed by atoms with Gasteiger partial charge in [-0.2, -0.15) is 0 Å². The highest BCUT2D eigenvalue weighted by atomic mass is 32.2. The fraction of sp³-hybridized carbons (Fsp3) is 0.333. The maximum atomic E-state index is 13.9. The van der Waals surface area contributed by atoms with Gasteiger partial charge in [0.05, 0.1) is 17.7 Å². The number of sulfonamides is 1. The number of ether oxygens (including phenoxy) is 1. The number of nitrogens with zero attached hydrogens (tertiary/aromatic N) is 2. The Balaban J connectivity index is 2.01. The Morgan fingerprint density at radius 2 is 1.62 bits per heavy atom. The number of carbonyl (C=O) groups excluding carboxylic acids is 2. The molecule has 0 unspecified atom stereocenters. The van der Waals surface area contributed by atoms with E-state index in [-0.39, 0.29) is 29.0 Å². The third-order valence-corrected chi connectivity index (χ3v) is 8.13. The molecule has 0 bridgehead atoms. The summed E-state index contributed by atoms with van der Waals surface area (Å²) >= 11 is 0. The van der Waals surface area contributed by atoms with Crippen molar-refractivity contribution in [2.45, 2.75) is 45.2 Å². The van der Waals surface area contributed by atoms with E-state index in [0.717, 1.165) is 22.0 Å². The number of amides is 2. The molecule has 3 rings (SSSR count). The van der Waals surface area contributed by atoms with Crippen LogP contribution in [0.2, 0.25) is 0 Å². The Labute approximate surface area is 235 Å². The van der Waals surface area contributed by atoms with Gasteiger partial charge in [-0.3, -0.25) is 13.9 Å². The minimum atomic E-state index is -4.22. The topological polar surface area (TPSA) is 96.0 Å². The van der Waals surface area contributed by atoms with Gasteiger partial charge < -0.3 is 15.0 Å². The minimum absolute atomic E-state index is 0.0164. The monoisotopic (exact) mass is 569 g/mol. The molecular formula is C30H36FN3O5S. The van der Waals surface area contributed by atoms with E-state index in [4.69, 9.17) is 4.74 Å². The molecule has 3 aromatic rings. The predicted molar refractivity (Wildman–Crippen MR) is 153 cm³/mol. The van der Waals surface area contributed by atoms with Crippen molar-refractivity contribution in [3.05, 3.63) is 89.7 Å². The van der Waals surface area contributed by atoms with Crippen molar-refractivity contribution in [2.75, 3.05) is 24.5 Å². The van der Waals surface area contributed by atoms with Gasteiger partial charge in [-0.05, 0) is 73.9 Å². The summed E-state index contributed by atoms with van der Waals surface area (Å²) in [6.07, 6.45) is 0. The highest BCUT2D eigenvalue weighted by Crippen LogP contribution is 2.25. The van der Waals surface area contributed by atoms with E-state index in [1.54, 1.807) is 43.3 Å². The molecule has 0 aliphatic carbocycles. The van der Waals surface area contributed by atoms with Gasteiger partial charge in [0.25, 0.3) is 10.0 Å². The number of benzene rings is 3. The van der Waals surface area contributed by atoms with Crippen molar-refractivity contribution in [2.24, 2.45) is 5.92 Å². The van der Waals surface area contributed by atoms with Crippen LogP contribution in [-0.2, 0) is 26.2 Å². The van der Waals surface area contributed by atoms with Crippen molar-refractivity contribution < 1.29 is 27.1 Å². The fourth-order valence-corrected chi connectivity index (χ4v) is 5.39. The first-order chi connectivity index (χ1) is 18.9. The minimum Gasteiger partial charge on any atom is -0.497 e. The number of methoxy groups -OCH3 is 1. The van der Waals surface area contributed by atoms with Gasteiger partial charge in [0.15, 0.2) is 0 Å². The van der Waals surface area contributed by atoms with Crippen molar-refractivity contribution in [3.8, 4) is 5.75 Å². The number of halogens is 1. The molecule has 0 fully saturated rings. The molecule has 0 aliphatic rings. The molecular weight excluding hydrogens is 533 g/mol. The van der Waals surface area contributed by atoms with Gasteiger partial charge in [0.1, 0.15) is 24.2 Å². The Kier molecular flexibility index (Phi) is 10.3. The number of aryl methyl sites for hydroxylation is 1. The van der Waals surface area contributed by atoms with Crippen LogP contribution in [0.5, 0.6) is 5.75 Å². The lowest BCUT2D eigenvalue weighted by Crippen LogP contribution is -2.51. The van der Waals surface area contributed by atoms with Gasteiger partial charge in [0.2, 0.25) is 11.8 Å². The maximum Gasteiger partial charge on any atom is 0.264 e. The number of hydrogen-bond acceptors (Lipinski definition) is 5. The Morgan fingerprint density at radius 3 is 2.23 bits per heavy atom. The molecule has 0 saturated carbocycles. The molecule has 3 aromatic carbocycles. The van der Waals surface area contributed by atoms with E-state index in [2.05, 4.69) is 5.32 Å². The molecule has 10 heteroatoms. The molecule has 0 aromatic heterocycles. The normalized spacial score (nSPS) is 12.1. The van der Waals surface area contributed by atoms with Gasteiger partial charge in [-0.1, -0.05) is 43.7 Å². The first kappa shape index (κ1) is 30.6. The molecule has 2 amide bonds. The van der Waals surface area contributed by atoms with Crippen LogP contribution in [0.1, 0.15) is 31.9 Å². The zero-order chi connectivity index (χ0) is 29.4. The predicted octanol–water partition coefficient (Wildman–Crippen LogP) is 4.53. The molecule has 0 aliphatic heterocycles. The van der Waals surface area contributed by atoms with Crippen LogP contribution in [-0.4, -0.2) is 51.4 Å². The van der Waals surface area contributed by atoms with E-state index >= 15 is 0 Å². The van der Waals surface area contributed by atoms with Crippen LogP contribution >= 0.6 is 0 Å². The summed E-state index contributed by atoms with van der Waals surface area (Å²) in [5.74, 6) is -0.725. The Bertz CT molecular complexity index is 1410. The largest absolute Gasteiger partial charge is 0.497 e. The molecule has 40 heavy (non-hydrogen) atoms. The highest BCUT2D eigenvalue weighted by molar-refractivity contribution is 7.92. The summed E-state index contributed by atoms with van der Waals surface area (Å²) in [5, 5.41) is 2.85. The lowest BCUT2D eigenvalue weighted by molar-refractivity contribution is -0.139. The number of carbonyl (C=O) groups is 2. The molecule has 214 valence electrons. The highest BCUT2D eigenvalue weighted by Gasteiger charge is 2.32. The van der Waals surface area contributed by atoms with Crippen molar-refractivity contribution in [1.82, 2.24) is 10.2 Å². The standard InChI is InChI=1S/C30H36FN3O5S/c1-21(2)18-32-30(36)23(4)33(19-24-7-6-8-27(17-24)39-5)29(35)20-34(26-13-11-25(31)12-14-26)40(37,38)28-15-9-22(3)10-16-28/h6-17,21,23H,18-20H2,1-5H3,(H,32,36)/t23-/m0/s1. The molecule has 8 nitrogen and oxygen atoms in total. The zero-order valence-corrected chi connectivity index (χ0v) is 24.2. The van der Waals surface area contributed by atoms with Crippen molar-refractivity contribution in [3.63, 3.8) is 0 Å². The molecule has 0 spiro atoms. The first-order valence-electron chi connectivity index (χ1n) is 13.0. The average Bonchev–Trinajstić information content (AvgIpc) is 2.93. The van der Waals surface area contributed by atoms with E-state index in [1.165, 1.54) is 36.3 Å². The van der Waals surface area contributed by atoms with Gasteiger partial charge in [0, 0.05) is 13.1 Å². The summed E-state index contributed by atoms with van der Waals surface area (Å²) in [5.41, 5.74) is 1.69. The van der Waals surface area contributed by atoms with E-state index in [1.807, 2.05) is 20.8 Å². The second-order valence-electron chi connectivity index (χ2n) is 9.99. The van der Waals surface area contributed by atoms with Gasteiger partial charge >= 0.3 is 0 Å². The van der Waals surface area contributed by atoms with Crippen molar-refractivity contribution >= 4 is 27.5 Å².